The van der Waals surface area contributed by atoms with Gasteiger partial charge in [-0.25, -0.2) is 0 Å². The number of benzene rings is 2. The van der Waals surface area contributed by atoms with Crippen LogP contribution in [0.2, 0.25) is 0 Å². The fourth-order valence-electron chi connectivity index (χ4n) is 2.25. The third kappa shape index (κ3) is 3.29. The van der Waals surface area contributed by atoms with E-state index in [2.05, 4.69) is 64.4 Å². The Balaban J connectivity index is 1.78. The van der Waals surface area contributed by atoms with Gasteiger partial charge in [0, 0.05) is 15.3 Å². The maximum atomic E-state index is 11.4. The highest BCUT2D eigenvalue weighted by Gasteiger charge is 2.17. The van der Waals surface area contributed by atoms with Gasteiger partial charge < -0.3 is 15.4 Å². The number of hydrogen-bond donors (Lipinski definition) is 2. The molecule has 4 nitrogen and oxygen atoms in total. The van der Waals surface area contributed by atoms with E-state index in [1.54, 1.807) is 0 Å². The van der Waals surface area contributed by atoms with E-state index in [9.17, 15) is 4.79 Å². The topological polar surface area (TPSA) is 50.4 Å². The molecule has 1 atom stereocenters. The second-order valence-corrected chi connectivity index (χ2v) is 6.21. The van der Waals surface area contributed by atoms with Crippen molar-refractivity contribution in [3.8, 4) is 5.75 Å². The van der Waals surface area contributed by atoms with Crippen LogP contribution in [0, 0.1) is 3.57 Å². The summed E-state index contributed by atoms with van der Waals surface area (Å²) in [5.74, 6) is 0.609. The minimum absolute atomic E-state index is 0.0861. The zero-order valence-electron chi connectivity index (χ0n) is 11.5. The minimum atomic E-state index is -0.113. The molecule has 1 unspecified atom stereocenters. The first kappa shape index (κ1) is 14.2. The number of anilines is 2. The van der Waals surface area contributed by atoms with Gasteiger partial charge in [0.05, 0.1) is 5.69 Å². The Hall–Kier alpha value is -1.76. The first-order valence-electron chi connectivity index (χ1n) is 6.70. The molecule has 2 aromatic carbocycles. The zero-order chi connectivity index (χ0) is 14.8. The average Bonchev–Trinajstić information content (AvgIpc) is 2.48. The Kier molecular flexibility index (Phi) is 4.01. The quantitative estimate of drug-likeness (QED) is 0.779. The summed E-state index contributed by atoms with van der Waals surface area (Å²) in [6.07, 6.45) is 0. The number of amides is 1. The van der Waals surface area contributed by atoms with Gasteiger partial charge in [0.25, 0.3) is 5.91 Å². The molecule has 2 aromatic rings. The molecule has 0 bridgehead atoms. The van der Waals surface area contributed by atoms with Crippen molar-refractivity contribution in [2.24, 2.45) is 0 Å². The van der Waals surface area contributed by atoms with E-state index in [0.717, 1.165) is 22.7 Å². The first-order valence-corrected chi connectivity index (χ1v) is 7.78. The van der Waals surface area contributed by atoms with Crippen molar-refractivity contribution in [2.45, 2.75) is 13.0 Å². The lowest BCUT2D eigenvalue weighted by molar-refractivity contribution is -0.118. The molecule has 1 aliphatic rings. The van der Waals surface area contributed by atoms with Gasteiger partial charge >= 0.3 is 0 Å². The third-order valence-electron chi connectivity index (χ3n) is 3.36. The number of carbonyl (C=O) groups is 1. The van der Waals surface area contributed by atoms with E-state index in [1.165, 1.54) is 3.57 Å². The second-order valence-electron chi connectivity index (χ2n) is 4.97. The molecule has 0 aromatic heterocycles. The monoisotopic (exact) mass is 394 g/mol. The summed E-state index contributed by atoms with van der Waals surface area (Å²) in [6, 6.07) is 14.2. The summed E-state index contributed by atoms with van der Waals surface area (Å²) in [5, 5.41) is 6.28. The standard InChI is InChI=1S/C16H15IN2O2/c1-10(18-13-5-3-12(17)4-6-13)11-2-7-15-14(8-11)19-16(20)9-21-15/h2-8,10,18H,9H2,1H3,(H,19,20). The van der Waals surface area contributed by atoms with E-state index < -0.39 is 0 Å². The second kappa shape index (κ2) is 5.93. The van der Waals surface area contributed by atoms with Crippen LogP contribution in [0.4, 0.5) is 11.4 Å². The van der Waals surface area contributed by atoms with Gasteiger partial charge in [0.2, 0.25) is 0 Å². The Bertz CT molecular complexity index is 670. The lowest BCUT2D eigenvalue weighted by Crippen LogP contribution is -2.25. The molecule has 3 rings (SSSR count). The number of hydrogen-bond acceptors (Lipinski definition) is 3. The van der Waals surface area contributed by atoms with Crippen LogP contribution in [0.15, 0.2) is 42.5 Å². The number of halogens is 1. The number of carbonyl (C=O) groups excluding carboxylic acids is 1. The summed E-state index contributed by atoms with van der Waals surface area (Å²) < 4.78 is 6.58. The van der Waals surface area contributed by atoms with Crippen molar-refractivity contribution in [3.05, 3.63) is 51.6 Å². The van der Waals surface area contributed by atoms with Crippen molar-refractivity contribution >= 4 is 39.9 Å². The van der Waals surface area contributed by atoms with Gasteiger partial charge in [-0.2, -0.15) is 0 Å². The molecular weight excluding hydrogens is 379 g/mol. The van der Waals surface area contributed by atoms with Crippen LogP contribution >= 0.6 is 22.6 Å². The van der Waals surface area contributed by atoms with Crippen LogP contribution in [0.5, 0.6) is 5.75 Å². The van der Waals surface area contributed by atoms with E-state index >= 15 is 0 Å². The Morgan fingerprint density at radius 3 is 2.76 bits per heavy atom. The van der Waals surface area contributed by atoms with Crippen LogP contribution in [-0.4, -0.2) is 12.5 Å². The normalized spacial score (nSPS) is 14.7. The molecular formula is C16H15IN2O2. The summed E-state index contributed by atoms with van der Waals surface area (Å²) in [6.45, 7) is 2.17. The lowest BCUT2D eigenvalue weighted by Gasteiger charge is -2.21. The summed E-state index contributed by atoms with van der Waals surface area (Å²) in [7, 11) is 0. The lowest BCUT2D eigenvalue weighted by atomic mass is 10.1. The van der Waals surface area contributed by atoms with Crippen LogP contribution < -0.4 is 15.4 Å². The molecule has 0 radical (unpaired) electrons. The van der Waals surface area contributed by atoms with Gasteiger partial charge in [-0.05, 0) is 71.5 Å². The summed E-state index contributed by atoms with van der Waals surface area (Å²) in [4.78, 5) is 11.4. The van der Waals surface area contributed by atoms with Gasteiger partial charge in [0.15, 0.2) is 6.61 Å². The molecule has 0 saturated heterocycles. The molecule has 0 spiro atoms. The third-order valence-corrected chi connectivity index (χ3v) is 4.08. The van der Waals surface area contributed by atoms with Gasteiger partial charge in [-0.3, -0.25) is 4.79 Å². The largest absolute Gasteiger partial charge is 0.482 e. The predicted octanol–water partition coefficient (Wildman–Crippen LogP) is 3.80. The highest BCUT2D eigenvalue weighted by atomic mass is 127. The maximum Gasteiger partial charge on any atom is 0.262 e. The molecule has 1 aliphatic heterocycles. The van der Waals surface area contributed by atoms with Gasteiger partial charge in [0.1, 0.15) is 5.75 Å². The molecule has 5 heteroatoms. The fourth-order valence-corrected chi connectivity index (χ4v) is 2.61. The molecule has 1 amide bonds. The average molecular weight is 394 g/mol. The van der Waals surface area contributed by atoms with Crippen LogP contribution in [0.3, 0.4) is 0 Å². The number of rotatable bonds is 3. The van der Waals surface area contributed by atoms with Gasteiger partial charge in [-0.1, -0.05) is 6.07 Å². The van der Waals surface area contributed by atoms with Crippen LogP contribution in [0.1, 0.15) is 18.5 Å². The highest BCUT2D eigenvalue weighted by Crippen LogP contribution is 2.31. The smallest absolute Gasteiger partial charge is 0.262 e. The SMILES string of the molecule is CC(Nc1ccc(I)cc1)c1ccc2c(c1)NC(=O)CO2. The zero-order valence-corrected chi connectivity index (χ0v) is 13.7. The molecule has 108 valence electrons. The van der Waals surface area contributed by atoms with Gasteiger partial charge in [-0.15, -0.1) is 0 Å². The summed E-state index contributed by atoms with van der Waals surface area (Å²) >= 11 is 2.29. The molecule has 1 heterocycles. The molecule has 21 heavy (non-hydrogen) atoms. The Morgan fingerprint density at radius 2 is 2.00 bits per heavy atom. The van der Waals surface area contributed by atoms with Crippen molar-refractivity contribution in [3.63, 3.8) is 0 Å². The van der Waals surface area contributed by atoms with E-state index in [0.29, 0.717) is 0 Å². The first-order chi connectivity index (χ1) is 10.1. The molecule has 2 N–H and O–H groups in total. The molecule has 0 saturated carbocycles. The Labute approximate surface area is 137 Å². The van der Waals surface area contributed by atoms with Crippen molar-refractivity contribution in [2.75, 3.05) is 17.2 Å². The highest BCUT2D eigenvalue weighted by molar-refractivity contribution is 14.1. The number of ether oxygens (including phenoxy) is 1. The van der Waals surface area contributed by atoms with Crippen molar-refractivity contribution in [1.82, 2.24) is 0 Å². The van der Waals surface area contributed by atoms with Crippen molar-refractivity contribution in [1.29, 1.82) is 0 Å². The van der Waals surface area contributed by atoms with Crippen molar-refractivity contribution < 1.29 is 9.53 Å². The number of nitrogens with one attached hydrogen (secondary N) is 2. The molecule has 0 fully saturated rings. The fraction of sp³-hybridized carbons (Fsp3) is 0.188. The molecule has 0 aliphatic carbocycles. The van der Waals surface area contributed by atoms with Crippen LogP contribution in [0.25, 0.3) is 0 Å². The maximum absolute atomic E-state index is 11.4. The summed E-state index contributed by atoms with van der Waals surface area (Å²) in [5.41, 5.74) is 2.90. The van der Waals surface area contributed by atoms with E-state index in [4.69, 9.17) is 4.74 Å². The van der Waals surface area contributed by atoms with E-state index in [1.807, 2.05) is 18.2 Å². The Morgan fingerprint density at radius 1 is 1.24 bits per heavy atom. The minimum Gasteiger partial charge on any atom is -0.482 e. The number of fused-ring (bicyclic) bond motifs is 1. The predicted molar refractivity (Wildman–Crippen MR) is 91.8 cm³/mol. The van der Waals surface area contributed by atoms with Crippen LogP contribution in [-0.2, 0) is 4.79 Å². The van der Waals surface area contributed by atoms with E-state index in [-0.39, 0.29) is 18.6 Å².